The van der Waals surface area contributed by atoms with E-state index in [1.807, 2.05) is 24.3 Å². The van der Waals surface area contributed by atoms with Gasteiger partial charge in [-0.2, -0.15) is 0 Å². The Morgan fingerprint density at radius 2 is 1.91 bits per heavy atom. The van der Waals surface area contributed by atoms with E-state index in [0.717, 1.165) is 11.3 Å². The summed E-state index contributed by atoms with van der Waals surface area (Å²) in [7, 11) is 3.15. The van der Waals surface area contributed by atoms with Crippen LogP contribution in [0.4, 0.5) is 4.39 Å². The number of hydrogen-bond acceptors (Lipinski definition) is 6. The van der Waals surface area contributed by atoms with Gasteiger partial charge in [0.15, 0.2) is 5.16 Å². The fourth-order valence-corrected chi connectivity index (χ4v) is 4.48. The maximum atomic E-state index is 14.0. The van der Waals surface area contributed by atoms with Crippen molar-refractivity contribution in [3.63, 3.8) is 0 Å². The molecular weight excluding hydrogens is 469 g/mol. The van der Waals surface area contributed by atoms with Gasteiger partial charge < -0.3 is 14.8 Å². The maximum absolute atomic E-state index is 14.0. The minimum atomic E-state index is -0.457. The Kier molecular flexibility index (Phi) is 7.79. The fraction of sp³-hybridized carbons (Fsp3) is 0.192. The molecule has 4 aromatic rings. The van der Waals surface area contributed by atoms with Crippen molar-refractivity contribution >= 4 is 28.6 Å². The third kappa shape index (κ3) is 5.70. The van der Waals surface area contributed by atoms with Crippen LogP contribution < -0.4 is 15.6 Å². The highest BCUT2D eigenvalue weighted by Crippen LogP contribution is 2.26. The first-order chi connectivity index (χ1) is 17.0. The van der Waals surface area contributed by atoms with Crippen LogP contribution in [-0.4, -0.2) is 42.8 Å². The number of amides is 1. The number of aromatic nitrogens is 2. The Labute approximate surface area is 205 Å². The molecule has 0 unspecified atom stereocenters. The number of halogens is 1. The van der Waals surface area contributed by atoms with E-state index in [4.69, 9.17) is 14.5 Å². The number of nitrogens with one attached hydrogen (secondary N) is 1. The van der Waals surface area contributed by atoms with Crippen molar-refractivity contribution in [2.24, 2.45) is 0 Å². The molecule has 0 fully saturated rings. The summed E-state index contributed by atoms with van der Waals surface area (Å²) in [6.45, 7) is 0.755. The Morgan fingerprint density at radius 1 is 1.09 bits per heavy atom. The number of thioether (sulfide) groups is 1. The molecule has 0 saturated heterocycles. The Bertz CT molecular complexity index is 1420. The van der Waals surface area contributed by atoms with Crippen molar-refractivity contribution in [1.29, 1.82) is 0 Å². The molecule has 0 bridgehead atoms. The third-order valence-corrected chi connectivity index (χ3v) is 6.27. The van der Waals surface area contributed by atoms with Gasteiger partial charge in [0.1, 0.15) is 11.6 Å². The van der Waals surface area contributed by atoms with Gasteiger partial charge in [-0.25, -0.2) is 9.37 Å². The predicted octanol–water partition coefficient (Wildman–Crippen LogP) is 4.20. The maximum Gasteiger partial charge on any atom is 0.266 e. The molecule has 180 valence electrons. The topological polar surface area (TPSA) is 82.5 Å². The second-order valence-corrected chi connectivity index (χ2v) is 8.58. The average molecular weight is 494 g/mol. The normalized spacial score (nSPS) is 10.9. The summed E-state index contributed by atoms with van der Waals surface area (Å²) in [6, 6.07) is 18.1. The molecule has 1 aromatic heterocycles. The molecule has 4 rings (SSSR count). The summed E-state index contributed by atoms with van der Waals surface area (Å²) in [6.07, 6.45) is 0. The molecule has 0 saturated carbocycles. The zero-order chi connectivity index (χ0) is 24.8. The number of hydrogen-bond donors (Lipinski definition) is 1. The largest absolute Gasteiger partial charge is 0.497 e. The van der Waals surface area contributed by atoms with E-state index in [1.54, 1.807) is 44.6 Å². The number of carbonyl (C=O) groups is 1. The van der Waals surface area contributed by atoms with E-state index < -0.39 is 5.82 Å². The number of fused-ring (bicyclic) bond motifs is 1. The number of benzene rings is 3. The third-order valence-electron chi connectivity index (χ3n) is 5.26. The first-order valence-corrected chi connectivity index (χ1v) is 11.8. The van der Waals surface area contributed by atoms with Gasteiger partial charge in [-0.3, -0.25) is 14.2 Å². The Morgan fingerprint density at radius 3 is 2.69 bits per heavy atom. The fourth-order valence-electron chi connectivity index (χ4n) is 3.53. The molecule has 35 heavy (non-hydrogen) atoms. The molecule has 0 spiro atoms. The summed E-state index contributed by atoms with van der Waals surface area (Å²) in [5.41, 5.74) is 1.77. The lowest BCUT2D eigenvalue weighted by Gasteiger charge is -2.14. The molecule has 0 atom stereocenters. The summed E-state index contributed by atoms with van der Waals surface area (Å²) in [4.78, 5) is 30.7. The van der Waals surface area contributed by atoms with Crippen LogP contribution in [0, 0.1) is 5.82 Å². The minimum absolute atomic E-state index is 0.286. The molecule has 3 aromatic carbocycles. The molecule has 1 amide bonds. The van der Waals surface area contributed by atoms with Gasteiger partial charge in [0.05, 0.1) is 30.3 Å². The van der Waals surface area contributed by atoms with Crippen molar-refractivity contribution in [2.45, 2.75) is 10.9 Å². The van der Waals surface area contributed by atoms with Crippen molar-refractivity contribution in [2.75, 3.05) is 27.4 Å². The van der Waals surface area contributed by atoms with Crippen LogP contribution in [0.3, 0.4) is 0 Å². The van der Waals surface area contributed by atoms with E-state index >= 15 is 0 Å². The zero-order valence-corrected chi connectivity index (χ0v) is 20.1. The lowest BCUT2D eigenvalue weighted by molar-refractivity contribution is 0.0937. The molecule has 1 heterocycles. The summed E-state index contributed by atoms with van der Waals surface area (Å²) in [5.74, 6) is 0.481. The quantitative estimate of drug-likeness (QED) is 0.214. The molecule has 1 N–H and O–H groups in total. The number of carbonyl (C=O) groups excluding carboxylic acids is 1. The van der Waals surface area contributed by atoms with Crippen LogP contribution in [-0.2, 0) is 10.5 Å². The predicted molar refractivity (Wildman–Crippen MR) is 134 cm³/mol. The summed E-state index contributed by atoms with van der Waals surface area (Å²) >= 11 is 1.34. The second kappa shape index (κ2) is 11.2. The standard InChI is InChI=1S/C26H24FN3O4S/c1-33-12-11-28-24(31)18-9-10-22-23(14-18)29-26(35-16-17-5-3-8-21(13-17)34-2)30(25(22)32)20-7-4-6-19(27)15-20/h3-10,13-15H,11-12,16H2,1-2H3,(H,28,31). The van der Waals surface area contributed by atoms with Crippen LogP contribution in [0.2, 0.25) is 0 Å². The van der Waals surface area contributed by atoms with Crippen LogP contribution in [0.15, 0.2) is 76.7 Å². The Hall–Kier alpha value is -3.69. The molecule has 0 aliphatic heterocycles. The van der Waals surface area contributed by atoms with Gasteiger partial charge in [-0.1, -0.05) is 30.0 Å². The molecule has 0 radical (unpaired) electrons. The van der Waals surface area contributed by atoms with E-state index in [-0.39, 0.29) is 11.5 Å². The Balaban J connectivity index is 1.77. The van der Waals surface area contributed by atoms with Gasteiger partial charge in [0.25, 0.3) is 11.5 Å². The summed E-state index contributed by atoms with van der Waals surface area (Å²) in [5, 5.41) is 3.47. The number of methoxy groups -OCH3 is 2. The van der Waals surface area contributed by atoms with Gasteiger partial charge in [0.2, 0.25) is 0 Å². The number of nitrogens with zero attached hydrogens (tertiary/aromatic N) is 2. The molecular formula is C26H24FN3O4S. The van der Waals surface area contributed by atoms with Crippen LogP contribution in [0.5, 0.6) is 5.75 Å². The van der Waals surface area contributed by atoms with Crippen molar-refractivity contribution < 1.29 is 18.7 Å². The molecule has 9 heteroatoms. The van der Waals surface area contributed by atoms with Gasteiger partial charge >= 0.3 is 0 Å². The highest BCUT2D eigenvalue weighted by atomic mass is 32.2. The number of rotatable bonds is 9. The molecule has 0 aliphatic carbocycles. The minimum Gasteiger partial charge on any atom is -0.497 e. The van der Waals surface area contributed by atoms with Crippen LogP contribution in [0.25, 0.3) is 16.6 Å². The molecule has 7 nitrogen and oxygen atoms in total. The zero-order valence-electron chi connectivity index (χ0n) is 19.3. The van der Waals surface area contributed by atoms with Gasteiger partial charge in [-0.15, -0.1) is 0 Å². The van der Waals surface area contributed by atoms with Crippen molar-refractivity contribution in [3.05, 3.63) is 94.0 Å². The lowest BCUT2D eigenvalue weighted by atomic mass is 10.1. The van der Waals surface area contributed by atoms with Crippen LogP contribution >= 0.6 is 11.8 Å². The van der Waals surface area contributed by atoms with Crippen molar-refractivity contribution in [3.8, 4) is 11.4 Å². The first-order valence-electron chi connectivity index (χ1n) is 10.9. The first kappa shape index (κ1) is 24.4. The smallest absolute Gasteiger partial charge is 0.266 e. The monoisotopic (exact) mass is 493 g/mol. The second-order valence-electron chi connectivity index (χ2n) is 7.64. The van der Waals surface area contributed by atoms with E-state index in [1.165, 1.54) is 28.5 Å². The van der Waals surface area contributed by atoms with Gasteiger partial charge in [0, 0.05) is 25.0 Å². The summed E-state index contributed by atoms with van der Waals surface area (Å²) < 4.78 is 25.7. The highest BCUT2D eigenvalue weighted by molar-refractivity contribution is 7.98. The lowest BCUT2D eigenvalue weighted by Crippen LogP contribution is -2.27. The van der Waals surface area contributed by atoms with Crippen LogP contribution in [0.1, 0.15) is 15.9 Å². The van der Waals surface area contributed by atoms with E-state index in [9.17, 15) is 14.0 Å². The number of ether oxygens (including phenoxy) is 2. The van der Waals surface area contributed by atoms with E-state index in [0.29, 0.717) is 46.2 Å². The van der Waals surface area contributed by atoms with Crippen molar-refractivity contribution in [1.82, 2.24) is 14.9 Å². The average Bonchev–Trinajstić information content (AvgIpc) is 2.87. The van der Waals surface area contributed by atoms with E-state index in [2.05, 4.69) is 5.32 Å². The highest BCUT2D eigenvalue weighted by Gasteiger charge is 2.16. The SMILES string of the molecule is COCCNC(=O)c1ccc2c(=O)n(-c3cccc(F)c3)c(SCc3cccc(OC)c3)nc2c1. The molecule has 0 aliphatic rings. The van der Waals surface area contributed by atoms with Gasteiger partial charge in [-0.05, 0) is 54.1 Å².